The van der Waals surface area contributed by atoms with E-state index in [1.165, 1.54) is 11.3 Å². The summed E-state index contributed by atoms with van der Waals surface area (Å²) in [5.41, 5.74) is 0.0579. The fourth-order valence-electron chi connectivity index (χ4n) is 4.04. The van der Waals surface area contributed by atoms with E-state index in [-0.39, 0.29) is 57.4 Å². The van der Waals surface area contributed by atoms with Crippen molar-refractivity contribution >= 4 is 51.9 Å². The van der Waals surface area contributed by atoms with Crippen LogP contribution in [-0.4, -0.2) is 60.7 Å². The van der Waals surface area contributed by atoms with Crippen molar-refractivity contribution in [1.82, 2.24) is 15.5 Å². The number of nitrogens with one attached hydrogen (secondary N) is 3. The summed E-state index contributed by atoms with van der Waals surface area (Å²) in [4.78, 5) is 52.1. The number of halogens is 1. The van der Waals surface area contributed by atoms with Gasteiger partial charge in [0.25, 0.3) is 0 Å². The van der Waals surface area contributed by atoms with Crippen LogP contribution in [0.15, 0.2) is 35.7 Å². The lowest BCUT2D eigenvalue weighted by Gasteiger charge is -2.40. The van der Waals surface area contributed by atoms with Crippen LogP contribution in [0.1, 0.15) is 44.7 Å². The third kappa shape index (κ3) is 9.14. The van der Waals surface area contributed by atoms with E-state index >= 15 is 0 Å². The maximum Gasteiger partial charge on any atom is 0.412 e. The van der Waals surface area contributed by atoms with Crippen LogP contribution in [0.3, 0.4) is 0 Å². The normalized spacial score (nSPS) is 14.7. The molecule has 0 unspecified atom stereocenters. The first-order chi connectivity index (χ1) is 18.4. The number of thiophene rings is 1. The third-order valence-corrected chi connectivity index (χ3v) is 7.50. The Bertz CT molecular complexity index is 1190. The zero-order valence-electron chi connectivity index (χ0n) is 22.6. The number of benzene rings is 1. The van der Waals surface area contributed by atoms with Crippen LogP contribution in [0.25, 0.3) is 0 Å². The second-order valence-electron chi connectivity index (χ2n) is 10.5. The van der Waals surface area contributed by atoms with Gasteiger partial charge in [0.15, 0.2) is 0 Å². The molecule has 2 heterocycles. The number of hydrogen-bond donors (Lipinski definition) is 3. The molecule has 0 atom stereocenters. The highest BCUT2D eigenvalue weighted by atomic mass is 35.5. The van der Waals surface area contributed by atoms with Gasteiger partial charge < -0.3 is 25.0 Å². The molecule has 0 bridgehead atoms. The van der Waals surface area contributed by atoms with E-state index in [1.54, 1.807) is 37.8 Å². The smallest absolute Gasteiger partial charge is 0.412 e. The number of hydrogen-bond acceptors (Lipinski definition) is 7. The monoisotopic (exact) mass is 578 g/mol. The Labute approximate surface area is 237 Å². The van der Waals surface area contributed by atoms with E-state index in [4.69, 9.17) is 21.1 Å². The molecule has 1 aromatic heterocycles. The standard InChI is InChI=1S/C27H35ClN4O6S/c1-18-13-21(39-16-18)31-25(36)37-17-27(23(34)29-14-19-7-5-6-8-20(19)28)9-11-32(12-10-27)22(33)15-30-24(35)38-26(2,3)4/h5-8,13,16H,9-12,14-15,17H2,1-4H3,(H,29,34)(H,30,35)(H,31,36). The second-order valence-corrected chi connectivity index (χ2v) is 11.8. The van der Waals surface area contributed by atoms with Crippen molar-refractivity contribution in [3.8, 4) is 0 Å². The molecule has 10 nitrogen and oxygen atoms in total. The van der Waals surface area contributed by atoms with Crippen molar-refractivity contribution in [1.29, 1.82) is 0 Å². The Morgan fingerprint density at radius 3 is 2.38 bits per heavy atom. The van der Waals surface area contributed by atoms with Crippen LogP contribution in [0.4, 0.5) is 14.6 Å². The van der Waals surface area contributed by atoms with E-state index in [1.807, 2.05) is 30.5 Å². The van der Waals surface area contributed by atoms with Gasteiger partial charge in [-0.15, -0.1) is 11.3 Å². The highest BCUT2D eigenvalue weighted by Crippen LogP contribution is 2.33. The molecule has 1 saturated heterocycles. The topological polar surface area (TPSA) is 126 Å². The maximum atomic E-state index is 13.5. The lowest BCUT2D eigenvalue weighted by Crippen LogP contribution is -2.53. The predicted molar refractivity (Wildman–Crippen MR) is 150 cm³/mol. The first-order valence-corrected chi connectivity index (χ1v) is 13.9. The van der Waals surface area contributed by atoms with E-state index in [0.29, 0.717) is 10.0 Å². The molecular weight excluding hydrogens is 544 g/mol. The highest BCUT2D eigenvalue weighted by molar-refractivity contribution is 7.14. The fourth-order valence-corrected chi connectivity index (χ4v) is 5.02. The molecule has 1 aliphatic heterocycles. The lowest BCUT2D eigenvalue weighted by atomic mass is 9.78. The summed E-state index contributed by atoms with van der Waals surface area (Å²) in [6, 6.07) is 9.03. The molecule has 0 spiro atoms. The Morgan fingerprint density at radius 1 is 1.08 bits per heavy atom. The van der Waals surface area contributed by atoms with E-state index < -0.39 is 23.2 Å². The molecule has 0 saturated carbocycles. The number of ether oxygens (including phenoxy) is 2. The Hall–Kier alpha value is -3.31. The SMILES string of the molecule is Cc1csc(NC(=O)OCC2(C(=O)NCc3ccccc3Cl)CCN(C(=O)CNC(=O)OC(C)(C)C)CC2)c1. The van der Waals surface area contributed by atoms with Gasteiger partial charge in [0.2, 0.25) is 11.8 Å². The van der Waals surface area contributed by atoms with Crippen LogP contribution < -0.4 is 16.0 Å². The number of aryl methyl sites for hydroxylation is 1. The van der Waals surface area contributed by atoms with Gasteiger partial charge in [0.1, 0.15) is 18.8 Å². The van der Waals surface area contributed by atoms with Crippen molar-refractivity contribution < 1.29 is 28.7 Å². The van der Waals surface area contributed by atoms with Crippen molar-refractivity contribution in [2.24, 2.45) is 5.41 Å². The molecule has 1 aliphatic rings. The largest absolute Gasteiger partial charge is 0.448 e. The van der Waals surface area contributed by atoms with E-state index in [9.17, 15) is 19.2 Å². The predicted octanol–water partition coefficient (Wildman–Crippen LogP) is 4.71. The van der Waals surface area contributed by atoms with Gasteiger partial charge in [-0.3, -0.25) is 14.9 Å². The number of carbonyl (C=O) groups is 4. The number of carbonyl (C=O) groups excluding carboxylic acids is 4. The molecule has 1 fully saturated rings. The summed E-state index contributed by atoms with van der Waals surface area (Å²) in [6.45, 7) is 7.47. The van der Waals surface area contributed by atoms with Gasteiger partial charge in [-0.2, -0.15) is 0 Å². The molecule has 12 heteroatoms. The van der Waals surface area contributed by atoms with Gasteiger partial charge in [0.05, 0.1) is 10.4 Å². The van der Waals surface area contributed by atoms with Gasteiger partial charge >= 0.3 is 12.2 Å². The van der Waals surface area contributed by atoms with Gasteiger partial charge in [-0.1, -0.05) is 29.8 Å². The number of amides is 4. The zero-order valence-corrected chi connectivity index (χ0v) is 24.2. The minimum Gasteiger partial charge on any atom is -0.448 e. The number of anilines is 1. The average Bonchev–Trinajstić information content (AvgIpc) is 3.28. The van der Waals surface area contributed by atoms with Crippen LogP contribution in [0, 0.1) is 12.3 Å². The van der Waals surface area contributed by atoms with E-state index in [0.717, 1.165) is 11.1 Å². The summed E-state index contributed by atoms with van der Waals surface area (Å²) < 4.78 is 10.7. The summed E-state index contributed by atoms with van der Waals surface area (Å²) in [5.74, 6) is -0.584. The van der Waals surface area contributed by atoms with Crippen molar-refractivity contribution in [3.05, 3.63) is 51.9 Å². The molecule has 1 aromatic carbocycles. The third-order valence-electron chi connectivity index (χ3n) is 6.17. The lowest BCUT2D eigenvalue weighted by molar-refractivity contribution is -0.142. The van der Waals surface area contributed by atoms with Gasteiger partial charge in [-0.25, -0.2) is 9.59 Å². The van der Waals surface area contributed by atoms with Crippen molar-refractivity contribution in [2.75, 3.05) is 31.6 Å². The summed E-state index contributed by atoms with van der Waals surface area (Å²) in [6.07, 6.45) is -0.799. The van der Waals surface area contributed by atoms with Crippen LogP contribution in [-0.2, 0) is 25.6 Å². The van der Waals surface area contributed by atoms with Crippen LogP contribution in [0.5, 0.6) is 0 Å². The van der Waals surface area contributed by atoms with Gasteiger partial charge in [-0.05, 0) is 69.2 Å². The zero-order chi connectivity index (χ0) is 28.6. The number of piperidine rings is 1. The number of alkyl carbamates (subject to hydrolysis) is 1. The quantitative estimate of drug-likeness (QED) is 0.416. The van der Waals surface area contributed by atoms with E-state index in [2.05, 4.69) is 16.0 Å². The van der Waals surface area contributed by atoms with Crippen LogP contribution in [0.2, 0.25) is 5.02 Å². The minimum atomic E-state index is -1.04. The average molecular weight is 579 g/mol. The number of nitrogens with zero attached hydrogens (tertiary/aromatic N) is 1. The van der Waals surface area contributed by atoms with Crippen LogP contribution >= 0.6 is 22.9 Å². The highest BCUT2D eigenvalue weighted by Gasteiger charge is 2.43. The molecule has 2 aromatic rings. The minimum absolute atomic E-state index is 0.157. The Morgan fingerprint density at radius 2 is 1.77 bits per heavy atom. The Kier molecular flexibility index (Phi) is 10.2. The molecule has 4 amide bonds. The van der Waals surface area contributed by atoms with Crippen molar-refractivity contribution in [3.63, 3.8) is 0 Å². The second kappa shape index (κ2) is 13.2. The first-order valence-electron chi connectivity index (χ1n) is 12.6. The molecule has 3 N–H and O–H groups in total. The Balaban J connectivity index is 1.62. The molecule has 39 heavy (non-hydrogen) atoms. The maximum absolute atomic E-state index is 13.5. The number of likely N-dealkylation sites (tertiary alicyclic amines) is 1. The summed E-state index contributed by atoms with van der Waals surface area (Å²) in [5, 5.41) is 11.2. The fraction of sp³-hybridized carbons (Fsp3) is 0.481. The first kappa shape index (κ1) is 30.2. The molecule has 212 valence electrons. The van der Waals surface area contributed by atoms with Gasteiger partial charge in [0, 0.05) is 24.7 Å². The molecule has 3 rings (SSSR count). The summed E-state index contributed by atoms with van der Waals surface area (Å²) >= 11 is 7.62. The molecular formula is C27H35ClN4O6S. The molecule has 0 aliphatic carbocycles. The van der Waals surface area contributed by atoms with Crippen molar-refractivity contribution in [2.45, 2.75) is 52.7 Å². The number of rotatable bonds is 8. The molecule has 0 radical (unpaired) electrons. The summed E-state index contributed by atoms with van der Waals surface area (Å²) in [7, 11) is 0.